The Bertz CT molecular complexity index is 1000. The molecule has 1 spiro atoms. The van der Waals surface area contributed by atoms with Gasteiger partial charge in [0.2, 0.25) is 5.72 Å². The summed E-state index contributed by atoms with van der Waals surface area (Å²) in [5.41, 5.74) is 2.39. The van der Waals surface area contributed by atoms with Crippen molar-refractivity contribution < 1.29 is 18.9 Å². The van der Waals surface area contributed by atoms with Gasteiger partial charge in [0.1, 0.15) is 17.2 Å². The zero-order valence-electron chi connectivity index (χ0n) is 18.0. The van der Waals surface area contributed by atoms with Crippen LogP contribution in [-0.4, -0.2) is 42.9 Å². The van der Waals surface area contributed by atoms with E-state index in [1.807, 2.05) is 24.3 Å². The maximum atomic E-state index is 6.67. The molecule has 3 aliphatic heterocycles. The molecule has 6 nitrogen and oxygen atoms in total. The smallest absolute Gasteiger partial charge is 0.203 e. The second kappa shape index (κ2) is 6.91. The van der Waals surface area contributed by atoms with Crippen LogP contribution in [0, 0.1) is 0 Å². The Kier molecular flexibility index (Phi) is 4.43. The molecule has 5 rings (SSSR count). The fourth-order valence-corrected chi connectivity index (χ4v) is 5.00. The van der Waals surface area contributed by atoms with Crippen molar-refractivity contribution in [2.24, 2.45) is 5.10 Å². The van der Waals surface area contributed by atoms with Crippen LogP contribution in [0.4, 0.5) is 0 Å². The average Bonchev–Trinajstić information content (AvgIpc) is 3.19. The summed E-state index contributed by atoms with van der Waals surface area (Å²) in [6.45, 7) is 4.90. The van der Waals surface area contributed by atoms with E-state index in [0.717, 1.165) is 47.8 Å². The second-order valence-electron chi connectivity index (χ2n) is 8.80. The molecular weight excluding hydrogens is 380 g/mol. The number of hydrazone groups is 1. The van der Waals surface area contributed by atoms with Crippen molar-refractivity contribution in [3.8, 4) is 17.2 Å². The number of nitrogens with zero attached hydrogens (tertiary/aromatic N) is 2. The van der Waals surface area contributed by atoms with Crippen LogP contribution >= 0.6 is 0 Å². The van der Waals surface area contributed by atoms with Crippen molar-refractivity contribution in [3.63, 3.8) is 0 Å². The highest BCUT2D eigenvalue weighted by Gasteiger charge is 2.54. The van der Waals surface area contributed by atoms with Gasteiger partial charge in [0, 0.05) is 36.5 Å². The molecule has 2 aromatic rings. The molecule has 1 saturated heterocycles. The fraction of sp³-hybridized carbons (Fsp3) is 0.458. The number of para-hydroxylation sites is 1. The number of ether oxygens (including phenoxy) is 4. The van der Waals surface area contributed by atoms with Crippen molar-refractivity contribution in [3.05, 3.63) is 53.6 Å². The van der Waals surface area contributed by atoms with Crippen molar-refractivity contribution >= 4 is 5.71 Å². The highest BCUT2D eigenvalue weighted by molar-refractivity contribution is 6.04. The second-order valence-corrected chi connectivity index (χ2v) is 8.80. The van der Waals surface area contributed by atoms with Gasteiger partial charge in [-0.2, -0.15) is 5.10 Å². The number of hydrogen-bond acceptors (Lipinski definition) is 6. The Balaban J connectivity index is 1.60. The molecule has 0 aromatic heterocycles. The highest BCUT2D eigenvalue weighted by Crippen LogP contribution is 2.52. The van der Waals surface area contributed by atoms with E-state index in [1.54, 1.807) is 14.2 Å². The Hall–Kier alpha value is -2.73. The average molecular weight is 408 g/mol. The van der Waals surface area contributed by atoms with E-state index < -0.39 is 5.72 Å². The van der Waals surface area contributed by atoms with E-state index in [-0.39, 0.29) is 11.6 Å². The van der Waals surface area contributed by atoms with E-state index in [0.29, 0.717) is 6.61 Å². The Morgan fingerprint density at radius 2 is 1.93 bits per heavy atom. The Morgan fingerprint density at radius 1 is 1.10 bits per heavy atom. The summed E-state index contributed by atoms with van der Waals surface area (Å²) < 4.78 is 23.7. The predicted molar refractivity (Wildman–Crippen MR) is 114 cm³/mol. The number of rotatable bonds is 3. The predicted octanol–water partition coefficient (Wildman–Crippen LogP) is 4.53. The molecular formula is C24H28N2O4. The largest absolute Gasteiger partial charge is 0.497 e. The van der Waals surface area contributed by atoms with Crippen molar-refractivity contribution in [1.82, 2.24) is 5.01 Å². The molecule has 3 heterocycles. The van der Waals surface area contributed by atoms with E-state index in [9.17, 15) is 0 Å². The van der Waals surface area contributed by atoms with Crippen molar-refractivity contribution in [1.29, 1.82) is 0 Å². The molecule has 0 bridgehead atoms. The normalized spacial score (nSPS) is 26.5. The molecule has 30 heavy (non-hydrogen) atoms. The number of fused-ring (bicyclic) bond motifs is 4. The van der Waals surface area contributed by atoms with Gasteiger partial charge in [-0.05, 0) is 32.0 Å². The molecule has 6 heteroatoms. The SMILES string of the molecule is COc1ccc(C2=NN3[C@H](C2)c2ccccc2O[C@@]32CCOC(C)(C)C2)c(OC)c1. The van der Waals surface area contributed by atoms with Crippen molar-refractivity contribution in [2.45, 2.75) is 50.5 Å². The van der Waals surface area contributed by atoms with Gasteiger partial charge >= 0.3 is 0 Å². The molecule has 158 valence electrons. The molecule has 0 unspecified atom stereocenters. The molecule has 0 aliphatic carbocycles. The van der Waals surface area contributed by atoms with Gasteiger partial charge in [0.25, 0.3) is 0 Å². The zero-order valence-corrected chi connectivity index (χ0v) is 18.0. The molecule has 2 atom stereocenters. The lowest BCUT2D eigenvalue weighted by molar-refractivity contribution is -0.212. The third-order valence-corrected chi connectivity index (χ3v) is 6.31. The maximum Gasteiger partial charge on any atom is 0.203 e. The monoisotopic (exact) mass is 408 g/mol. The standard InChI is InChI=1S/C24H28N2O4/c1-23(2)15-24(11-12-29-23)26-20(18-7-5-6-8-21(18)30-24)14-19(25-26)17-10-9-16(27-3)13-22(17)28-4/h5-10,13,20H,11-12,14-15H2,1-4H3/t20-,24-/m1/s1. The molecule has 2 aromatic carbocycles. The summed E-state index contributed by atoms with van der Waals surface area (Å²) in [5.74, 6) is 2.49. The zero-order chi connectivity index (χ0) is 20.9. The summed E-state index contributed by atoms with van der Waals surface area (Å²) in [7, 11) is 3.34. The third kappa shape index (κ3) is 3.01. The quantitative estimate of drug-likeness (QED) is 0.747. The first-order valence-corrected chi connectivity index (χ1v) is 10.5. The number of hydrogen-bond donors (Lipinski definition) is 0. The van der Waals surface area contributed by atoms with Gasteiger partial charge in [-0.15, -0.1) is 0 Å². The fourth-order valence-electron chi connectivity index (χ4n) is 5.00. The van der Waals surface area contributed by atoms with E-state index >= 15 is 0 Å². The molecule has 0 saturated carbocycles. The van der Waals surface area contributed by atoms with Crippen LogP contribution in [-0.2, 0) is 4.74 Å². The first kappa shape index (κ1) is 19.2. The van der Waals surface area contributed by atoms with Crippen LogP contribution in [0.5, 0.6) is 17.2 Å². The van der Waals surface area contributed by atoms with Gasteiger partial charge in [-0.3, -0.25) is 0 Å². The van der Waals surface area contributed by atoms with E-state index in [2.05, 4.69) is 37.1 Å². The minimum atomic E-state index is -0.512. The minimum Gasteiger partial charge on any atom is -0.497 e. The van der Waals surface area contributed by atoms with Crippen LogP contribution in [0.2, 0.25) is 0 Å². The third-order valence-electron chi connectivity index (χ3n) is 6.31. The van der Waals surface area contributed by atoms with Gasteiger partial charge in [0.15, 0.2) is 0 Å². The summed E-state index contributed by atoms with van der Waals surface area (Å²) in [6, 6.07) is 14.3. The van der Waals surface area contributed by atoms with Gasteiger partial charge in [-0.25, -0.2) is 5.01 Å². The lowest BCUT2D eigenvalue weighted by Crippen LogP contribution is -2.60. The molecule has 0 radical (unpaired) electrons. The van der Waals surface area contributed by atoms with Crippen LogP contribution in [0.3, 0.4) is 0 Å². The van der Waals surface area contributed by atoms with Gasteiger partial charge < -0.3 is 18.9 Å². The minimum absolute atomic E-state index is 0.130. The first-order chi connectivity index (χ1) is 14.4. The summed E-state index contributed by atoms with van der Waals surface area (Å²) >= 11 is 0. The van der Waals surface area contributed by atoms with Crippen LogP contribution in [0.25, 0.3) is 0 Å². The first-order valence-electron chi connectivity index (χ1n) is 10.5. The lowest BCUT2D eigenvalue weighted by atomic mass is 9.86. The highest BCUT2D eigenvalue weighted by atomic mass is 16.5. The van der Waals surface area contributed by atoms with Crippen LogP contribution < -0.4 is 14.2 Å². The molecule has 1 fully saturated rings. The number of methoxy groups -OCH3 is 2. The molecule has 0 amide bonds. The number of benzene rings is 2. The lowest BCUT2D eigenvalue weighted by Gasteiger charge is -2.52. The van der Waals surface area contributed by atoms with Crippen molar-refractivity contribution in [2.75, 3.05) is 20.8 Å². The van der Waals surface area contributed by atoms with Gasteiger partial charge in [-0.1, -0.05) is 18.2 Å². The Labute approximate surface area is 177 Å². The van der Waals surface area contributed by atoms with E-state index in [1.165, 1.54) is 5.56 Å². The Morgan fingerprint density at radius 3 is 2.70 bits per heavy atom. The molecule has 0 N–H and O–H groups in total. The summed E-state index contributed by atoms with van der Waals surface area (Å²) in [6.07, 6.45) is 2.32. The molecule has 3 aliphatic rings. The maximum absolute atomic E-state index is 6.67. The summed E-state index contributed by atoms with van der Waals surface area (Å²) in [5, 5.41) is 7.33. The van der Waals surface area contributed by atoms with Gasteiger partial charge in [0.05, 0.1) is 38.2 Å². The van der Waals surface area contributed by atoms with E-state index in [4.69, 9.17) is 24.0 Å². The van der Waals surface area contributed by atoms with Crippen LogP contribution in [0.15, 0.2) is 47.6 Å². The topological polar surface area (TPSA) is 52.5 Å². The summed E-state index contributed by atoms with van der Waals surface area (Å²) in [4.78, 5) is 0. The van der Waals surface area contributed by atoms with Crippen LogP contribution in [0.1, 0.15) is 50.3 Å².